The van der Waals surface area contributed by atoms with Crippen LogP contribution in [0.1, 0.15) is 39.3 Å². The zero-order chi connectivity index (χ0) is 15.3. The summed E-state index contributed by atoms with van der Waals surface area (Å²) in [4.78, 5) is 0. The van der Waals surface area contributed by atoms with Crippen molar-refractivity contribution in [1.82, 2.24) is 5.43 Å². The van der Waals surface area contributed by atoms with Gasteiger partial charge in [0, 0.05) is 17.2 Å². The van der Waals surface area contributed by atoms with Crippen LogP contribution in [0.25, 0.3) is 0 Å². The van der Waals surface area contributed by atoms with Crippen molar-refractivity contribution in [2.75, 3.05) is 13.7 Å². The van der Waals surface area contributed by atoms with Gasteiger partial charge in [-0.2, -0.15) is 0 Å². The first-order valence-corrected chi connectivity index (χ1v) is 7.14. The summed E-state index contributed by atoms with van der Waals surface area (Å²) in [5.41, 5.74) is 3.66. The lowest BCUT2D eigenvalue weighted by Gasteiger charge is -2.37. The molecule has 0 aliphatic rings. The Balaban J connectivity index is 3.25. The maximum Gasteiger partial charge on any atom is 0.123 e. The van der Waals surface area contributed by atoms with Gasteiger partial charge in [-0.15, -0.1) is 0 Å². The first kappa shape index (κ1) is 17.2. The number of hydrogen-bond donors (Lipinski definition) is 2. The molecule has 114 valence electrons. The predicted octanol–water partition coefficient (Wildman–Crippen LogP) is 3.30. The largest absolute Gasteiger partial charge is 0.496 e. The third-order valence-corrected chi connectivity index (χ3v) is 3.44. The van der Waals surface area contributed by atoms with Crippen LogP contribution in [-0.2, 0) is 4.74 Å². The van der Waals surface area contributed by atoms with Crippen LogP contribution in [-0.4, -0.2) is 19.8 Å². The lowest BCUT2D eigenvalue weighted by molar-refractivity contribution is -0.0370. The normalized spacial score (nSPS) is 14.9. The molecule has 1 rings (SSSR count). The molecule has 0 fully saturated rings. The Morgan fingerprint density at radius 3 is 2.45 bits per heavy atom. The van der Waals surface area contributed by atoms with E-state index in [4.69, 9.17) is 26.9 Å². The van der Waals surface area contributed by atoms with E-state index in [0.29, 0.717) is 11.6 Å². The molecule has 0 aromatic heterocycles. The van der Waals surface area contributed by atoms with Gasteiger partial charge in [-0.25, -0.2) is 0 Å². The van der Waals surface area contributed by atoms with Crippen LogP contribution in [0.4, 0.5) is 0 Å². The summed E-state index contributed by atoms with van der Waals surface area (Å²) in [5, 5.41) is 0.644. The lowest BCUT2D eigenvalue weighted by atomic mass is 9.82. The number of methoxy groups -OCH3 is 1. The molecule has 2 atom stereocenters. The Kier molecular flexibility index (Phi) is 6.27. The van der Waals surface area contributed by atoms with E-state index >= 15 is 0 Å². The molecule has 5 heteroatoms. The highest BCUT2D eigenvalue weighted by molar-refractivity contribution is 6.30. The molecule has 0 heterocycles. The molecule has 0 aliphatic carbocycles. The van der Waals surface area contributed by atoms with Crippen molar-refractivity contribution in [2.45, 2.75) is 39.8 Å². The van der Waals surface area contributed by atoms with Crippen molar-refractivity contribution in [3.63, 3.8) is 0 Å². The first-order valence-electron chi connectivity index (χ1n) is 6.76. The summed E-state index contributed by atoms with van der Waals surface area (Å²) in [6.07, 6.45) is -0.107. The molecule has 0 amide bonds. The van der Waals surface area contributed by atoms with Gasteiger partial charge in [-0.1, -0.05) is 32.4 Å². The average molecular weight is 301 g/mol. The highest BCUT2D eigenvalue weighted by Gasteiger charge is 2.35. The quantitative estimate of drug-likeness (QED) is 0.625. The van der Waals surface area contributed by atoms with Crippen molar-refractivity contribution < 1.29 is 9.47 Å². The van der Waals surface area contributed by atoms with Gasteiger partial charge >= 0.3 is 0 Å². The molecular weight excluding hydrogens is 276 g/mol. The third kappa shape index (κ3) is 4.09. The van der Waals surface area contributed by atoms with Crippen LogP contribution >= 0.6 is 11.6 Å². The molecule has 1 aromatic carbocycles. The minimum Gasteiger partial charge on any atom is -0.496 e. The SMILES string of the molecule is CCOC(C(NN)c1cc(Cl)ccc1OC)C(C)(C)C. The van der Waals surface area contributed by atoms with E-state index in [1.54, 1.807) is 13.2 Å². The number of halogens is 1. The number of ether oxygens (including phenoxy) is 2. The number of hydrazine groups is 1. The number of hydrogen-bond acceptors (Lipinski definition) is 4. The fraction of sp³-hybridized carbons (Fsp3) is 0.600. The predicted molar refractivity (Wildman–Crippen MR) is 82.9 cm³/mol. The average Bonchev–Trinajstić information content (AvgIpc) is 2.38. The van der Waals surface area contributed by atoms with Crippen molar-refractivity contribution in [3.05, 3.63) is 28.8 Å². The van der Waals surface area contributed by atoms with Crippen LogP contribution < -0.4 is 16.0 Å². The molecule has 0 aliphatic heterocycles. The Morgan fingerprint density at radius 1 is 1.35 bits per heavy atom. The van der Waals surface area contributed by atoms with Gasteiger partial charge in [-0.3, -0.25) is 11.3 Å². The smallest absolute Gasteiger partial charge is 0.123 e. The lowest BCUT2D eigenvalue weighted by Crippen LogP contribution is -2.44. The number of rotatable bonds is 6. The van der Waals surface area contributed by atoms with Crippen molar-refractivity contribution in [1.29, 1.82) is 0 Å². The summed E-state index contributed by atoms with van der Waals surface area (Å²) >= 11 is 6.11. The fourth-order valence-corrected chi connectivity index (χ4v) is 2.49. The van der Waals surface area contributed by atoms with Crippen molar-refractivity contribution in [3.8, 4) is 5.75 Å². The van der Waals surface area contributed by atoms with Gasteiger partial charge in [0.15, 0.2) is 0 Å². The molecule has 4 nitrogen and oxygen atoms in total. The molecule has 0 saturated heterocycles. The second kappa shape index (κ2) is 7.27. The first-order chi connectivity index (χ1) is 9.35. The second-order valence-corrected chi connectivity index (χ2v) is 6.21. The third-order valence-electron chi connectivity index (χ3n) is 3.21. The molecule has 20 heavy (non-hydrogen) atoms. The summed E-state index contributed by atoms with van der Waals surface area (Å²) in [6.45, 7) is 8.95. The molecule has 3 N–H and O–H groups in total. The number of benzene rings is 1. The molecule has 1 aromatic rings. The molecular formula is C15H25ClN2O2. The fourth-order valence-electron chi connectivity index (χ4n) is 2.31. The molecule has 0 bridgehead atoms. The molecule has 0 saturated carbocycles. The van der Waals surface area contributed by atoms with Crippen LogP contribution in [0.5, 0.6) is 5.75 Å². The maximum atomic E-state index is 6.11. The van der Waals surface area contributed by atoms with Crippen molar-refractivity contribution >= 4 is 11.6 Å². The van der Waals surface area contributed by atoms with Crippen LogP contribution in [0.2, 0.25) is 5.02 Å². The maximum absolute atomic E-state index is 6.11. The topological polar surface area (TPSA) is 56.5 Å². The van der Waals surface area contributed by atoms with Gasteiger partial charge < -0.3 is 9.47 Å². The number of nitrogens with two attached hydrogens (primary N) is 1. The Hall–Kier alpha value is -0.810. The molecule has 0 spiro atoms. The Labute approximate surface area is 126 Å². The van der Waals surface area contributed by atoms with E-state index in [9.17, 15) is 0 Å². The van der Waals surface area contributed by atoms with E-state index in [2.05, 4.69) is 26.2 Å². The van der Waals surface area contributed by atoms with E-state index < -0.39 is 0 Å². The van der Waals surface area contributed by atoms with Crippen LogP contribution in [0.15, 0.2) is 18.2 Å². The summed E-state index contributed by atoms with van der Waals surface area (Å²) in [6, 6.07) is 5.30. The van der Waals surface area contributed by atoms with Gasteiger partial charge in [0.25, 0.3) is 0 Å². The van der Waals surface area contributed by atoms with Gasteiger partial charge in [0.2, 0.25) is 0 Å². The van der Waals surface area contributed by atoms with E-state index in [1.165, 1.54) is 0 Å². The second-order valence-electron chi connectivity index (χ2n) is 5.77. The van der Waals surface area contributed by atoms with Crippen molar-refractivity contribution in [2.24, 2.45) is 11.3 Å². The van der Waals surface area contributed by atoms with E-state index in [1.807, 2.05) is 19.1 Å². The zero-order valence-corrected chi connectivity index (χ0v) is 13.6. The standard InChI is InChI=1S/C15H25ClN2O2/c1-6-20-14(15(2,3)4)13(18-17)11-9-10(16)7-8-12(11)19-5/h7-9,13-14,18H,6,17H2,1-5H3. The molecule has 0 radical (unpaired) electrons. The summed E-state index contributed by atoms with van der Waals surface area (Å²) in [7, 11) is 1.63. The van der Waals surface area contributed by atoms with Crippen LogP contribution in [0, 0.1) is 5.41 Å². The summed E-state index contributed by atoms with van der Waals surface area (Å²) < 4.78 is 11.3. The van der Waals surface area contributed by atoms with Gasteiger partial charge in [-0.05, 0) is 30.5 Å². The minimum atomic E-state index is -0.205. The number of nitrogens with one attached hydrogen (secondary N) is 1. The van der Waals surface area contributed by atoms with Crippen LogP contribution in [0.3, 0.4) is 0 Å². The Bertz CT molecular complexity index is 432. The van der Waals surface area contributed by atoms with E-state index in [-0.39, 0.29) is 17.6 Å². The summed E-state index contributed by atoms with van der Waals surface area (Å²) in [5.74, 6) is 6.52. The highest BCUT2D eigenvalue weighted by atomic mass is 35.5. The van der Waals surface area contributed by atoms with Gasteiger partial charge in [0.05, 0.1) is 19.3 Å². The Morgan fingerprint density at radius 2 is 2.00 bits per heavy atom. The van der Waals surface area contributed by atoms with Gasteiger partial charge in [0.1, 0.15) is 5.75 Å². The van der Waals surface area contributed by atoms with E-state index in [0.717, 1.165) is 11.3 Å². The monoisotopic (exact) mass is 300 g/mol. The highest BCUT2D eigenvalue weighted by Crippen LogP contribution is 2.37. The zero-order valence-electron chi connectivity index (χ0n) is 12.9. The molecule has 2 unspecified atom stereocenters. The minimum absolute atomic E-state index is 0.0830.